The van der Waals surface area contributed by atoms with Crippen molar-refractivity contribution in [3.63, 3.8) is 0 Å². The van der Waals surface area contributed by atoms with Crippen LogP contribution >= 0.6 is 12.2 Å². The lowest BCUT2D eigenvalue weighted by Gasteiger charge is -2.27. The van der Waals surface area contributed by atoms with E-state index in [2.05, 4.69) is 15.5 Å². The standard InChI is InChI=1S/C10H14N4O2S/c1-3-10(2,9(11)17)12-8(16)6-4-5-7(15)14-13-6/h4-5H,3H2,1-2H3,(H2,11,17)(H,12,16)(H,14,15). The summed E-state index contributed by atoms with van der Waals surface area (Å²) in [5, 5.41) is 8.49. The lowest BCUT2D eigenvalue weighted by Crippen LogP contribution is -2.54. The number of nitrogens with two attached hydrogens (primary N) is 1. The van der Waals surface area contributed by atoms with Crippen molar-refractivity contribution in [1.82, 2.24) is 15.5 Å². The number of H-pyrrole nitrogens is 1. The number of aromatic nitrogens is 2. The molecule has 17 heavy (non-hydrogen) atoms. The van der Waals surface area contributed by atoms with E-state index < -0.39 is 11.4 Å². The molecule has 7 heteroatoms. The number of nitrogens with one attached hydrogen (secondary N) is 2. The van der Waals surface area contributed by atoms with Crippen molar-refractivity contribution in [2.24, 2.45) is 5.73 Å². The van der Waals surface area contributed by atoms with Gasteiger partial charge in [-0.3, -0.25) is 9.59 Å². The van der Waals surface area contributed by atoms with Crippen molar-refractivity contribution < 1.29 is 4.79 Å². The maximum atomic E-state index is 11.8. The van der Waals surface area contributed by atoms with Gasteiger partial charge in [-0.15, -0.1) is 0 Å². The molecule has 0 aliphatic rings. The van der Waals surface area contributed by atoms with Crippen molar-refractivity contribution >= 4 is 23.1 Å². The zero-order valence-corrected chi connectivity index (χ0v) is 10.4. The monoisotopic (exact) mass is 254 g/mol. The van der Waals surface area contributed by atoms with Crippen molar-refractivity contribution in [3.8, 4) is 0 Å². The molecule has 4 N–H and O–H groups in total. The quantitative estimate of drug-likeness (QED) is 0.654. The molecule has 92 valence electrons. The van der Waals surface area contributed by atoms with Crippen LogP contribution in [0.4, 0.5) is 0 Å². The Labute approximate surface area is 104 Å². The summed E-state index contributed by atoms with van der Waals surface area (Å²) < 4.78 is 0. The van der Waals surface area contributed by atoms with Gasteiger partial charge < -0.3 is 11.1 Å². The Bertz CT molecular complexity index is 479. The van der Waals surface area contributed by atoms with E-state index >= 15 is 0 Å². The van der Waals surface area contributed by atoms with Crippen LogP contribution in [0.2, 0.25) is 0 Å². The number of aromatic amines is 1. The Morgan fingerprint density at radius 1 is 1.65 bits per heavy atom. The van der Waals surface area contributed by atoms with Gasteiger partial charge in [0.2, 0.25) is 0 Å². The molecule has 1 aromatic heterocycles. The minimum Gasteiger partial charge on any atom is -0.391 e. The Morgan fingerprint density at radius 2 is 2.29 bits per heavy atom. The highest BCUT2D eigenvalue weighted by molar-refractivity contribution is 7.80. The first-order valence-corrected chi connectivity index (χ1v) is 5.48. The van der Waals surface area contributed by atoms with E-state index in [0.29, 0.717) is 6.42 Å². The van der Waals surface area contributed by atoms with Gasteiger partial charge >= 0.3 is 0 Å². The number of rotatable bonds is 4. The Hall–Kier alpha value is -1.76. The molecule has 1 atom stereocenters. The first-order chi connectivity index (χ1) is 7.89. The highest BCUT2D eigenvalue weighted by Gasteiger charge is 2.28. The van der Waals surface area contributed by atoms with Crippen molar-refractivity contribution in [2.45, 2.75) is 25.8 Å². The number of amides is 1. The number of nitrogens with zero attached hydrogens (tertiary/aromatic N) is 1. The van der Waals surface area contributed by atoms with Crippen molar-refractivity contribution in [3.05, 3.63) is 28.2 Å². The number of hydrogen-bond donors (Lipinski definition) is 3. The molecule has 6 nitrogen and oxygen atoms in total. The number of carbonyl (C=O) groups is 1. The van der Waals surface area contributed by atoms with Crippen LogP contribution in [0.3, 0.4) is 0 Å². The number of carbonyl (C=O) groups excluding carboxylic acids is 1. The third-order valence-electron chi connectivity index (χ3n) is 2.55. The van der Waals surface area contributed by atoms with Crippen LogP contribution in [0, 0.1) is 0 Å². The van der Waals surface area contributed by atoms with Crippen LogP contribution in [0.15, 0.2) is 16.9 Å². The molecular weight excluding hydrogens is 240 g/mol. The highest BCUT2D eigenvalue weighted by Crippen LogP contribution is 2.10. The van der Waals surface area contributed by atoms with Crippen LogP contribution in [0.25, 0.3) is 0 Å². The van der Waals surface area contributed by atoms with Gasteiger partial charge in [0.15, 0.2) is 0 Å². The molecule has 1 rings (SSSR count). The van der Waals surface area contributed by atoms with Crippen molar-refractivity contribution in [2.75, 3.05) is 0 Å². The summed E-state index contributed by atoms with van der Waals surface area (Å²) in [6.45, 7) is 3.60. The van der Waals surface area contributed by atoms with Gasteiger partial charge in [0, 0.05) is 6.07 Å². The fourth-order valence-corrected chi connectivity index (χ4v) is 1.31. The highest BCUT2D eigenvalue weighted by atomic mass is 32.1. The molecular formula is C10H14N4O2S. The zero-order valence-electron chi connectivity index (χ0n) is 9.61. The first kappa shape index (κ1) is 13.3. The molecule has 0 fully saturated rings. The number of thiocarbonyl (C=S) groups is 1. The smallest absolute Gasteiger partial charge is 0.272 e. The largest absolute Gasteiger partial charge is 0.391 e. The van der Waals surface area contributed by atoms with E-state index in [0.717, 1.165) is 0 Å². The molecule has 0 radical (unpaired) electrons. The van der Waals surface area contributed by atoms with Crippen LogP contribution in [-0.2, 0) is 0 Å². The van der Waals surface area contributed by atoms with Gasteiger partial charge in [-0.1, -0.05) is 19.1 Å². The maximum Gasteiger partial charge on any atom is 0.272 e. The first-order valence-electron chi connectivity index (χ1n) is 5.07. The van der Waals surface area contributed by atoms with E-state index in [9.17, 15) is 9.59 Å². The Kier molecular flexibility index (Phi) is 3.95. The predicted octanol–water partition coefficient (Wildman–Crippen LogP) is -0.0455. The molecule has 0 spiro atoms. The summed E-state index contributed by atoms with van der Waals surface area (Å²) in [7, 11) is 0. The second kappa shape index (κ2) is 5.05. The number of hydrogen-bond acceptors (Lipinski definition) is 4. The summed E-state index contributed by atoms with van der Waals surface area (Å²) >= 11 is 4.90. The molecule has 0 saturated heterocycles. The van der Waals surface area contributed by atoms with Crippen LogP contribution in [-0.4, -0.2) is 26.6 Å². The van der Waals surface area contributed by atoms with Gasteiger partial charge in [-0.2, -0.15) is 5.10 Å². The minimum atomic E-state index is -0.760. The normalized spacial score (nSPS) is 13.8. The fourth-order valence-electron chi connectivity index (χ4n) is 1.11. The van der Waals surface area contributed by atoms with E-state index in [1.165, 1.54) is 12.1 Å². The van der Waals surface area contributed by atoms with Gasteiger partial charge in [0.1, 0.15) is 5.69 Å². The van der Waals surface area contributed by atoms with E-state index in [4.69, 9.17) is 18.0 Å². The maximum absolute atomic E-state index is 11.8. The van der Waals surface area contributed by atoms with Crippen molar-refractivity contribution in [1.29, 1.82) is 0 Å². The molecule has 1 aromatic rings. The van der Waals surface area contributed by atoms with Gasteiger partial charge in [-0.05, 0) is 19.4 Å². The average Bonchev–Trinajstić information content (AvgIpc) is 2.29. The third-order valence-corrected chi connectivity index (χ3v) is 3.00. The van der Waals surface area contributed by atoms with E-state index in [1.54, 1.807) is 6.92 Å². The second-order valence-corrected chi connectivity index (χ2v) is 4.25. The van der Waals surface area contributed by atoms with Gasteiger partial charge in [-0.25, -0.2) is 5.10 Å². The topological polar surface area (TPSA) is 101 Å². The van der Waals surface area contributed by atoms with E-state index in [-0.39, 0.29) is 16.2 Å². The fraction of sp³-hybridized carbons (Fsp3) is 0.400. The van der Waals surface area contributed by atoms with Crippen LogP contribution in [0.5, 0.6) is 0 Å². The molecule has 1 heterocycles. The SMILES string of the molecule is CCC(C)(NC(=O)c1ccc(=O)[nH]n1)C(N)=S. The average molecular weight is 254 g/mol. The van der Waals surface area contributed by atoms with Gasteiger partial charge in [0.25, 0.3) is 11.5 Å². The molecule has 0 bridgehead atoms. The Balaban J connectivity index is 2.89. The lowest BCUT2D eigenvalue weighted by molar-refractivity contribution is 0.0920. The predicted molar refractivity (Wildman–Crippen MR) is 67.8 cm³/mol. The Morgan fingerprint density at radius 3 is 2.71 bits per heavy atom. The summed E-state index contributed by atoms with van der Waals surface area (Å²) in [6.07, 6.45) is 0.567. The summed E-state index contributed by atoms with van der Waals surface area (Å²) in [5.41, 5.74) is 4.56. The van der Waals surface area contributed by atoms with E-state index in [1.807, 2.05) is 6.92 Å². The molecule has 0 saturated carbocycles. The molecule has 0 aromatic carbocycles. The minimum absolute atomic E-state index is 0.112. The lowest BCUT2D eigenvalue weighted by atomic mass is 9.99. The third kappa shape index (κ3) is 3.10. The molecule has 0 aliphatic heterocycles. The molecule has 1 unspecified atom stereocenters. The van der Waals surface area contributed by atoms with Crippen LogP contribution < -0.4 is 16.6 Å². The summed E-state index contributed by atoms with van der Waals surface area (Å²) in [4.78, 5) is 22.8. The van der Waals surface area contributed by atoms with Crippen LogP contribution in [0.1, 0.15) is 30.8 Å². The molecule has 0 aliphatic carbocycles. The van der Waals surface area contributed by atoms with Gasteiger partial charge in [0.05, 0.1) is 10.5 Å². The summed E-state index contributed by atoms with van der Waals surface area (Å²) in [5.74, 6) is -0.432. The zero-order chi connectivity index (χ0) is 13.1. The molecule has 1 amide bonds. The summed E-state index contributed by atoms with van der Waals surface area (Å²) in [6, 6.07) is 2.57. The second-order valence-electron chi connectivity index (χ2n) is 3.81.